The van der Waals surface area contributed by atoms with Gasteiger partial charge in [-0.15, -0.1) is 0 Å². The molecule has 1 aromatic heterocycles. The first-order valence-corrected chi connectivity index (χ1v) is 4.63. The molecule has 0 saturated heterocycles. The van der Waals surface area contributed by atoms with Gasteiger partial charge in [0.25, 0.3) is 0 Å². The van der Waals surface area contributed by atoms with Gasteiger partial charge in [0.05, 0.1) is 11.9 Å². The maximum absolute atomic E-state index is 5.84. The van der Waals surface area contributed by atoms with E-state index in [0.29, 0.717) is 22.3 Å². The van der Waals surface area contributed by atoms with E-state index in [0.717, 1.165) is 0 Å². The third-order valence-corrected chi connectivity index (χ3v) is 2.02. The fraction of sp³-hybridized carbons (Fsp3) is 0. The van der Waals surface area contributed by atoms with E-state index in [-0.39, 0.29) is 0 Å². The van der Waals surface area contributed by atoms with Crippen molar-refractivity contribution >= 4 is 17.3 Å². The van der Waals surface area contributed by atoms with Gasteiger partial charge in [-0.3, -0.25) is 0 Å². The Morgan fingerprint density at radius 1 is 1.27 bits per heavy atom. The van der Waals surface area contributed by atoms with Crippen LogP contribution in [-0.2, 0) is 0 Å². The molecule has 0 bridgehead atoms. The number of anilines is 1. The van der Waals surface area contributed by atoms with E-state index in [2.05, 4.69) is 9.97 Å². The van der Waals surface area contributed by atoms with Gasteiger partial charge in [0.1, 0.15) is 11.3 Å². The lowest BCUT2D eigenvalue weighted by Gasteiger charge is -2.07. The summed E-state index contributed by atoms with van der Waals surface area (Å²) in [6, 6.07) is 7.13. The molecule has 2 N–H and O–H groups in total. The molecular formula is C10H8ClN3O. The van der Waals surface area contributed by atoms with Crippen LogP contribution in [-0.4, -0.2) is 9.97 Å². The quantitative estimate of drug-likeness (QED) is 0.792. The molecule has 0 spiro atoms. The van der Waals surface area contributed by atoms with Crippen molar-refractivity contribution in [3.05, 3.63) is 41.8 Å². The minimum Gasteiger partial charge on any atom is -0.435 e. The van der Waals surface area contributed by atoms with Crippen LogP contribution in [0.25, 0.3) is 0 Å². The summed E-state index contributed by atoms with van der Waals surface area (Å²) in [7, 11) is 0. The number of ether oxygens (including phenoxy) is 1. The van der Waals surface area contributed by atoms with E-state index in [9.17, 15) is 0 Å². The van der Waals surface area contributed by atoms with Crippen LogP contribution in [0.1, 0.15) is 0 Å². The first kappa shape index (κ1) is 9.73. The van der Waals surface area contributed by atoms with Crippen molar-refractivity contribution in [3.63, 3.8) is 0 Å². The molecule has 1 aromatic carbocycles. The normalized spacial score (nSPS) is 9.93. The predicted octanol–water partition coefficient (Wildman–Crippen LogP) is 2.50. The highest BCUT2D eigenvalue weighted by molar-refractivity contribution is 6.31. The van der Waals surface area contributed by atoms with Crippen molar-refractivity contribution in [2.75, 3.05) is 5.73 Å². The number of nitrogen functional groups attached to an aromatic ring is 1. The number of benzene rings is 1. The molecule has 2 rings (SSSR count). The topological polar surface area (TPSA) is 61.0 Å². The summed E-state index contributed by atoms with van der Waals surface area (Å²) >= 11 is 5.84. The average Bonchev–Trinajstić information content (AvgIpc) is 2.24. The Kier molecular flexibility index (Phi) is 2.69. The van der Waals surface area contributed by atoms with Crippen LogP contribution in [0.3, 0.4) is 0 Å². The molecular weight excluding hydrogens is 214 g/mol. The van der Waals surface area contributed by atoms with Gasteiger partial charge in [-0.05, 0) is 12.1 Å². The summed E-state index contributed by atoms with van der Waals surface area (Å²) in [4.78, 5) is 7.65. The molecule has 0 amide bonds. The van der Waals surface area contributed by atoms with Gasteiger partial charge in [0.15, 0.2) is 5.75 Å². The lowest BCUT2D eigenvalue weighted by Crippen LogP contribution is -1.94. The monoisotopic (exact) mass is 221 g/mol. The second-order valence-corrected chi connectivity index (χ2v) is 3.22. The van der Waals surface area contributed by atoms with Crippen LogP contribution in [0, 0.1) is 0 Å². The lowest BCUT2D eigenvalue weighted by molar-refractivity contribution is 0.464. The number of aromatic nitrogens is 2. The molecule has 0 aliphatic heterocycles. The van der Waals surface area contributed by atoms with Crippen molar-refractivity contribution in [1.82, 2.24) is 9.97 Å². The Bertz CT molecular complexity index is 432. The zero-order chi connectivity index (χ0) is 10.7. The molecule has 0 aliphatic carbocycles. The number of hydrogen-bond donors (Lipinski definition) is 1. The van der Waals surface area contributed by atoms with E-state index in [1.54, 1.807) is 12.1 Å². The summed E-state index contributed by atoms with van der Waals surface area (Å²) in [6.07, 6.45) is 2.82. The number of nitrogens with zero attached hydrogens (tertiary/aromatic N) is 2. The van der Waals surface area contributed by atoms with Gasteiger partial charge in [-0.25, -0.2) is 9.97 Å². The molecule has 0 fully saturated rings. The molecule has 0 aliphatic rings. The maximum atomic E-state index is 5.84. The Balaban J connectivity index is 2.30. The molecule has 5 heteroatoms. The maximum Gasteiger partial charge on any atom is 0.241 e. The van der Waals surface area contributed by atoms with Crippen molar-refractivity contribution in [1.29, 1.82) is 0 Å². The van der Waals surface area contributed by atoms with Crippen molar-refractivity contribution in [2.24, 2.45) is 0 Å². The Morgan fingerprint density at radius 3 is 2.80 bits per heavy atom. The van der Waals surface area contributed by atoms with Crippen molar-refractivity contribution < 1.29 is 4.74 Å². The molecule has 2 aromatic rings. The summed E-state index contributed by atoms with van der Waals surface area (Å²) in [6.45, 7) is 0. The first-order chi connectivity index (χ1) is 7.27. The first-order valence-electron chi connectivity index (χ1n) is 4.25. The summed E-state index contributed by atoms with van der Waals surface area (Å²) in [5.41, 5.74) is 6.24. The van der Waals surface area contributed by atoms with Gasteiger partial charge >= 0.3 is 0 Å². The van der Waals surface area contributed by atoms with Crippen LogP contribution >= 0.6 is 11.6 Å². The van der Waals surface area contributed by atoms with Crippen LogP contribution < -0.4 is 10.5 Å². The van der Waals surface area contributed by atoms with E-state index >= 15 is 0 Å². The Hall–Kier alpha value is -1.81. The third kappa shape index (κ3) is 2.16. The van der Waals surface area contributed by atoms with Crippen LogP contribution in [0.15, 0.2) is 36.8 Å². The van der Waals surface area contributed by atoms with Gasteiger partial charge in [0.2, 0.25) is 5.88 Å². The molecule has 0 atom stereocenters. The molecule has 4 nitrogen and oxygen atoms in total. The minimum atomic E-state index is 0.296. The van der Waals surface area contributed by atoms with Gasteiger partial charge in [0, 0.05) is 0 Å². The largest absolute Gasteiger partial charge is 0.435 e. The highest BCUT2D eigenvalue weighted by atomic mass is 35.5. The molecule has 0 saturated carbocycles. The summed E-state index contributed by atoms with van der Waals surface area (Å²) < 4.78 is 5.43. The molecule has 0 unspecified atom stereocenters. The zero-order valence-electron chi connectivity index (χ0n) is 7.72. The standard InChI is InChI=1S/C10H8ClN3O/c11-7-5-13-6-14-10(7)15-9-4-2-1-3-8(9)12/h1-6H,12H2. The smallest absolute Gasteiger partial charge is 0.241 e. The molecule has 1 heterocycles. The van der Waals surface area contributed by atoms with Gasteiger partial charge in [-0.2, -0.15) is 0 Å². The van der Waals surface area contributed by atoms with Crippen LogP contribution in [0.4, 0.5) is 5.69 Å². The van der Waals surface area contributed by atoms with Crippen LogP contribution in [0.5, 0.6) is 11.6 Å². The van der Waals surface area contributed by atoms with Gasteiger partial charge < -0.3 is 10.5 Å². The fourth-order valence-corrected chi connectivity index (χ4v) is 1.20. The Morgan fingerprint density at radius 2 is 2.07 bits per heavy atom. The second kappa shape index (κ2) is 4.14. The Labute approximate surface area is 91.7 Å². The van der Waals surface area contributed by atoms with E-state index < -0.39 is 0 Å². The third-order valence-electron chi connectivity index (χ3n) is 1.76. The number of halogens is 1. The van der Waals surface area contributed by atoms with E-state index in [1.165, 1.54) is 12.5 Å². The van der Waals surface area contributed by atoms with E-state index in [1.807, 2.05) is 12.1 Å². The number of hydrogen-bond acceptors (Lipinski definition) is 4. The summed E-state index contributed by atoms with van der Waals surface area (Å²) in [5, 5.41) is 0.348. The zero-order valence-corrected chi connectivity index (χ0v) is 8.48. The highest BCUT2D eigenvalue weighted by Gasteiger charge is 2.05. The molecule has 15 heavy (non-hydrogen) atoms. The fourth-order valence-electron chi connectivity index (χ4n) is 1.05. The SMILES string of the molecule is Nc1ccccc1Oc1ncncc1Cl. The molecule has 0 radical (unpaired) electrons. The predicted molar refractivity (Wildman–Crippen MR) is 58.0 cm³/mol. The minimum absolute atomic E-state index is 0.296. The number of nitrogens with two attached hydrogens (primary N) is 1. The average molecular weight is 222 g/mol. The van der Waals surface area contributed by atoms with Crippen LogP contribution in [0.2, 0.25) is 5.02 Å². The van der Waals surface area contributed by atoms with Gasteiger partial charge in [-0.1, -0.05) is 23.7 Å². The van der Waals surface area contributed by atoms with Crippen molar-refractivity contribution in [3.8, 4) is 11.6 Å². The van der Waals surface area contributed by atoms with Crippen molar-refractivity contribution in [2.45, 2.75) is 0 Å². The number of para-hydroxylation sites is 2. The lowest BCUT2D eigenvalue weighted by atomic mass is 10.3. The molecule has 76 valence electrons. The van der Waals surface area contributed by atoms with E-state index in [4.69, 9.17) is 22.1 Å². The second-order valence-electron chi connectivity index (χ2n) is 2.82. The number of rotatable bonds is 2. The summed E-state index contributed by atoms with van der Waals surface area (Å²) in [5.74, 6) is 0.822. The highest BCUT2D eigenvalue weighted by Crippen LogP contribution is 2.29.